The van der Waals surface area contributed by atoms with Crippen molar-refractivity contribution in [2.24, 2.45) is 0 Å². The molecule has 3 rings (SSSR count). The van der Waals surface area contributed by atoms with Crippen molar-refractivity contribution >= 4 is 21.8 Å². The molecule has 0 aromatic carbocycles. The van der Waals surface area contributed by atoms with E-state index < -0.39 is 21.8 Å². The first kappa shape index (κ1) is 15.4. The highest BCUT2D eigenvalue weighted by atomic mass is 32.2. The second-order valence-corrected chi connectivity index (χ2v) is 6.60. The van der Waals surface area contributed by atoms with E-state index in [9.17, 15) is 17.6 Å². The number of halogens is 1. The molecule has 0 aliphatic carbocycles. The predicted octanol–water partition coefficient (Wildman–Crippen LogP) is 0.803. The fraction of sp³-hybridized carbons (Fsp3) is 0.308. The third-order valence-electron chi connectivity index (χ3n) is 3.33. The minimum absolute atomic E-state index is 0.0530. The van der Waals surface area contributed by atoms with E-state index in [0.717, 1.165) is 22.8 Å². The number of hydrogen-bond acceptors (Lipinski definition) is 6. The van der Waals surface area contributed by atoms with E-state index in [1.807, 2.05) is 0 Å². The molecule has 23 heavy (non-hydrogen) atoms. The van der Waals surface area contributed by atoms with E-state index >= 15 is 0 Å². The minimum Gasteiger partial charge on any atom is -0.462 e. The molecule has 1 aliphatic heterocycles. The molecule has 1 aliphatic rings. The van der Waals surface area contributed by atoms with Crippen molar-refractivity contribution in [1.82, 2.24) is 14.8 Å². The number of carbonyl (C=O) groups excluding carboxylic acids is 1. The average Bonchev–Trinajstić information content (AvgIpc) is 3.08. The number of carbonyl (C=O) groups is 1. The molecule has 0 unspecified atom stereocenters. The summed E-state index contributed by atoms with van der Waals surface area (Å²) in [4.78, 5) is 15.2. The Balaban J connectivity index is 2.05. The highest BCUT2D eigenvalue weighted by Gasteiger charge is 2.36. The van der Waals surface area contributed by atoms with Crippen LogP contribution in [-0.2, 0) is 21.3 Å². The molecule has 0 radical (unpaired) electrons. The van der Waals surface area contributed by atoms with E-state index in [1.165, 1.54) is 10.9 Å². The van der Waals surface area contributed by atoms with Gasteiger partial charge in [0, 0.05) is 6.20 Å². The van der Waals surface area contributed by atoms with Gasteiger partial charge in [-0.05, 0) is 13.0 Å². The Morgan fingerprint density at radius 1 is 1.35 bits per heavy atom. The van der Waals surface area contributed by atoms with Gasteiger partial charge in [-0.15, -0.1) is 0 Å². The standard InChI is InChI=1S/C13H13FN4O4S/c1-2-22-13(19)11-8-16-17-3-4-18(12(11)17)23(20,21)10-5-9(14)6-15-7-10/h5-8H,2-4H2,1H3. The van der Waals surface area contributed by atoms with E-state index in [1.54, 1.807) is 6.92 Å². The van der Waals surface area contributed by atoms with Crippen LogP contribution in [-0.4, -0.2) is 42.3 Å². The fourth-order valence-corrected chi connectivity index (χ4v) is 3.80. The van der Waals surface area contributed by atoms with Crippen LogP contribution in [0.2, 0.25) is 0 Å². The number of aromatic nitrogens is 3. The lowest BCUT2D eigenvalue weighted by Crippen LogP contribution is -2.30. The summed E-state index contributed by atoms with van der Waals surface area (Å²) in [6.45, 7) is 2.18. The summed E-state index contributed by atoms with van der Waals surface area (Å²) in [5, 5.41) is 4.00. The van der Waals surface area contributed by atoms with Crippen LogP contribution in [0.3, 0.4) is 0 Å². The van der Waals surface area contributed by atoms with Crippen molar-refractivity contribution in [2.45, 2.75) is 18.4 Å². The van der Waals surface area contributed by atoms with Crippen LogP contribution in [0.5, 0.6) is 0 Å². The molecule has 2 aromatic rings. The number of esters is 1. The van der Waals surface area contributed by atoms with Crippen molar-refractivity contribution in [3.05, 3.63) is 36.0 Å². The highest BCUT2D eigenvalue weighted by molar-refractivity contribution is 7.92. The third kappa shape index (κ3) is 2.54. The van der Waals surface area contributed by atoms with E-state index in [4.69, 9.17) is 4.74 Å². The van der Waals surface area contributed by atoms with Gasteiger partial charge in [0.15, 0.2) is 5.82 Å². The number of nitrogens with zero attached hydrogens (tertiary/aromatic N) is 4. The Kier molecular flexibility index (Phi) is 3.76. The summed E-state index contributed by atoms with van der Waals surface area (Å²) >= 11 is 0. The molecule has 0 amide bonds. The lowest BCUT2D eigenvalue weighted by Gasteiger charge is -2.18. The molecular formula is C13H13FN4O4S. The van der Waals surface area contributed by atoms with Crippen LogP contribution in [0.4, 0.5) is 10.2 Å². The summed E-state index contributed by atoms with van der Waals surface area (Å²) < 4.78 is 46.0. The van der Waals surface area contributed by atoms with Gasteiger partial charge >= 0.3 is 5.97 Å². The topological polar surface area (TPSA) is 94.4 Å². The molecule has 10 heteroatoms. The smallest absolute Gasteiger partial charge is 0.343 e. The molecule has 0 N–H and O–H groups in total. The quantitative estimate of drug-likeness (QED) is 0.764. The monoisotopic (exact) mass is 340 g/mol. The molecule has 0 spiro atoms. The van der Waals surface area contributed by atoms with Gasteiger partial charge < -0.3 is 4.74 Å². The molecule has 0 saturated heterocycles. The Morgan fingerprint density at radius 2 is 2.13 bits per heavy atom. The summed E-state index contributed by atoms with van der Waals surface area (Å²) in [5.74, 6) is -1.30. The zero-order chi connectivity index (χ0) is 16.6. The van der Waals surface area contributed by atoms with Crippen LogP contribution in [0.1, 0.15) is 17.3 Å². The van der Waals surface area contributed by atoms with Crippen LogP contribution >= 0.6 is 0 Å². The molecule has 122 valence electrons. The van der Waals surface area contributed by atoms with Gasteiger partial charge in [0.1, 0.15) is 16.3 Å². The Hall–Kier alpha value is -2.49. The maximum Gasteiger partial charge on any atom is 0.343 e. The molecular weight excluding hydrogens is 327 g/mol. The summed E-state index contributed by atoms with van der Waals surface area (Å²) in [5.41, 5.74) is 0.0530. The normalized spacial score (nSPS) is 13.9. The van der Waals surface area contributed by atoms with Crippen molar-refractivity contribution in [2.75, 3.05) is 17.5 Å². The van der Waals surface area contributed by atoms with Crippen LogP contribution in [0, 0.1) is 5.82 Å². The molecule has 2 aromatic heterocycles. The minimum atomic E-state index is -4.05. The van der Waals surface area contributed by atoms with Gasteiger partial charge in [-0.3, -0.25) is 4.98 Å². The third-order valence-corrected chi connectivity index (χ3v) is 5.08. The summed E-state index contributed by atoms with van der Waals surface area (Å²) in [6.07, 6.45) is 3.23. The summed E-state index contributed by atoms with van der Waals surface area (Å²) in [6, 6.07) is 0.880. The number of pyridine rings is 1. The second-order valence-electron chi connectivity index (χ2n) is 4.74. The maximum atomic E-state index is 13.3. The lowest BCUT2D eigenvalue weighted by molar-refractivity contribution is 0.0527. The van der Waals surface area contributed by atoms with Gasteiger partial charge in [0.25, 0.3) is 10.0 Å². The van der Waals surface area contributed by atoms with Crippen LogP contribution in [0.15, 0.2) is 29.6 Å². The van der Waals surface area contributed by atoms with Crippen LogP contribution in [0.25, 0.3) is 0 Å². The van der Waals surface area contributed by atoms with Crippen molar-refractivity contribution in [1.29, 1.82) is 0 Å². The maximum absolute atomic E-state index is 13.3. The first-order chi connectivity index (χ1) is 10.9. The van der Waals surface area contributed by atoms with Gasteiger partial charge in [-0.25, -0.2) is 26.6 Å². The number of hydrogen-bond donors (Lipinski definition) is 0. The molecule has 0 fully saturated rings. The SMILES string of the molecule is CCOC(=O)c1cnn2c1N(S(=O)(=O)c1cncc(F)c1)CC2. The van der Waals surface area contributed by atoms with Gasteiger partial charge in [0.05, 0.1) is 32.1 Å². The number of anilines is 1. The van der Waals surface area contributed by atoms with Crippen molar-refractivity contribution in [3.8, 4) is 0 Å². The Morgan fingerprint density at radius 3 is 2.83 bits per heavy atom. The van der Waals surface area contributed by atoms with Crippen molar-refractivity contribution < 1.29 is 22.3 Å². The van der Waals surface area contributed by atoms with Gasteiger partial charge in [-0.2, -0.15) is 5.10 Å². The van der Waals surface area contributed by atoms with Crippen LogP contribution < -0.4 is 4.31 Å². The Labute approximate surface area is 131 Å². The van der Waals surface area contributed by atoms with E-state index in [0.29, 0.717) is 0 Å². The second kappa shape index (κ2) is 5.61. The average molecular weight is 340 g/mol. The Bertz CT molecular complexity index is 865. The largest absolute Gasteiger partial charge is 0.462 e. The highest BCUT2D eigenvalue weighted by Crippen LogP contribution is 2.31. The zero-order valence-corrected chi connectivity index (χ0v) is 13.0. The first-order valence-corrected chi connectivity index (χ1v) is 8.25. The van der Waals surface area contributed by atoms with Gasteiger partial charge in [-0.1, -0.05) is 0 Å². The van der Waals surface area contributed by atoms with Crippen molar-refractivity contribution in [3.63, 3.8) is 0 Å². The first-order valence-electron chi connectivity index (χ1n) is 6.81. The van der Waals surface area contributed by atoms with E-state index in [-0.39, 0.29) is 36.0 Å². The number of ether oxygens (including phenoxy) is 1. The van der Waals surface area contributed by atoms with E-state index in [2.05, 4.69) is 10.1 Å². The molecule has 0 saturated carbocycles. The zero-order valence-electron chi connectivity index (χ0n) is 12.1. The van der Waals surface area contributed by atoms with Gasteiger partial charge in [0.2, 0.25) is 0 Å². The molecule has 0 atom stereocenters. The molecule has 8 nitrogen and oxygen atoms in total. The number of sulfonamides is 1. The predicted molar refractivity (Wildman–Crippen MR) is 76.9 cm³/mol. The fourth-order valence-electron chi connectivity index (χ4n) is 2.34. The molecule has 0 bridgehead atoms. The molecule has 3 heterocycles. The number of fused-ring (bicyclic) bond motifs is 1. The lowest BCUT2D eigenvalue weighted by atomic mass is 10.3. The summed E-state index contributed by atoms with van der Waals surface area (Å²) in [7, 11) is -4.05. The number of rotatable bonds is 4.